The lowest BCUT2D eigenvalue weighted by atomic mass is 10.2. The number of hydrogen-bond acceptors (Lipinski definition) is 2. The summed E-state index contributed by atoms with van der Waals surface area (Å²) in [6, 6.07) is 6.35. The maximum atomic E-state index is 12.8. The highest BCUT2D eigenvalue weighted by Crippen LogP contribution is 2.09. The fourth-order valence-corrected chi connectivity index (χ4v) is 2.11. The van der Waals surface area contributed by atoms with Gasteiger partial charge in [-0.3, -0.25) is 0 Å². The molecule has 0 bridgehead atoms. The largest absolute Gasteiger partial charge is 0.242 e. The quantitative estimate of drug-likeness (QED) is 0.801. The molecule has 88 valence electrons. The summed E-state index contributed by atoms with van der Waals surface area (Å²) in [5.41, 5.74) is 0.966. The molecule has 0 spiro atoms. The molecule has 3 nitrogen and oxygen atoms in total. The molecule has 0 saturated heterocycles. The molecule has 1 rings (SSSR count). The van der Waals surface area contributed by atoms with E-state index in [0.29, 0.717) is 0 Å². The van der Waals surface area contributed by atoms with Gasteiger partial charge in [0.1, 0.15) is 6.17 Å². The summed E-state index contributed by atoms with van der Waals surface area (Å²) in [7, 11) is -3.62. The highest BCUT2D eigenvalue weighted by molar-refractivity contribution is 7.89. The second-order valence-corrected chi connectivity index (χ2v) is 5.18. The topological polar surface area (TPSA) is 46.2 Å². The Hall–Kier alpha value is -1.20. The molecule has 0 saturated carbocycles. The summed E-state index contributed by atoms with van der Waals surface area (Å²) in [5, 5.41) is 0. The highest BCUT2D eigenvalue weighted by Gasteiger charge is 2.14. The molecule has 1 N–H and O–H groups in total. The molecule has 1 atom stereocenters. The van der Waals surface area contributed by atoms with Gasteiger partial charge < -0.3 is 0 Å². The monoisotopic (exact) mass is 243 g/mol. The van der Waals surface area contributed by atoms with Crippen LogP contribution in [-0.4, -0.2) is 21.1 Å². The number of aryl methyl sites for hydroxylation is 1. The average molecular weight is 243 g/mol. The number of alkyl halides is 1. The van der Waals surface area contributed by atoms with Crippen molar-refractivity contribution in [1.82, 2.24) is 4.72 Å². The van der Waals surface area contributed by atoms with Crippen molar-refractivity contribution in [2.45, 2.75) is 18.0 Å². The van der Waals surface area contributed by atoms with Crippen LogP contribution >= 0.6 is 0 Å². The van der Waals surface area contributed by atoms with Gasteiger partial charge in [0.2, 0.25) is 10.0 Å². The number of halogens is 1. The number of sulfonamides is 1. The Morgan fingerprint density at radius 3 is 2.50 bits per heavy atom. The lowest BCUT2D eigenvalue weighted by Crippen LogP contribution is -2.29. The third-order valence-corrected chi connectivity index (χ3v) is 3.49. The normalized spacial score (nSPS) is 13.4. The third-order valence-electron chi connectivity index (χ3n) is 2.06. The van der Waals surface area contributed by atoms with E-state index in [9.17, 15) is 12.8 Å². The Bertz CT molecular complexity index is 453. The minimum absolute atomic E-state index is 0.134. The molecular weight excluding hydrogens is 229 g/mol. The molecule has 0 aliphatic rings. The summed E-state index contributed by atoms with van der Waals surface area (Å²) in [6.07, 6.45) is -0.322. The van der Waals surface area contributed by atoms with Crippen LogP contribution in [0.4, 0.5) is 4.39 Å². The molecule has 0 aliphatic heterocycles. The maximum absolute atomic E-state index is 12.8. The predicted molar refractivity (Wildman–Crippen MR) is 61.5 cm³/mol. The molecule has 1 aromatic carbocycles. The molecule has 1 aromatic rings. The summed E-state index contributed by atoms with van der Waals surface area (Å²) in [4.78, 5) is 0.134. The van der Waals surface area contributed by atoms with E-state index >= 15 is 0 Å². The predicted octanol–water partition coefficient (Wildman–Crippen LogP) is 1.80. The van der Waals surface area contributed by atoms with Crippen molar-refractivity contribution in [3.63, 3.8) is 0 Å². The first kappa shape index (κ1) is 12.9. The van der Waals surface area contributed by atoms with Crippen molar-refractivity contribution in [2.24, 2.45) is 0 Å². The zero-order valence-electron chi connectivity index (χ0n) is 8.98. The Kier molecular flexibility index (Phi) is 4.20. The number of rotatable bonds is 5. The molecular formula is C11H14FNO2S. The van der Waals surface area contributed by atoms with E-state index in [4.69, 9.17) is 0 Å². The van der Waals surface area contributed by atoms with Gasteiger partial charge in [0, 0.05) is 6.54 Å². The van der Waals surface area contributed by atoms with Crippen LogP contribution in [0.1, 0.15) is 5.56 Å². The van der Waals surface area contributed by atoms with E-state index in [0.717, 1.165) is 11.6 Å². The van der Waals surface area contributed by atoms with Crippen LogP contribution in [0, 0.1) is 6.92 Å². The van der Waals surface area contributed by atoms with Crippen LogP contribution in [0.15, 0.2) is 41.8 Å². The molecule has 0 radical (unpaired) electrons. The molecule has 0 amide bonds. The maximum Gasteiger partial charge on any atom is 0.240 e. The third kappa shape index (κ3) is 3.43. The lowest BCUT2D eigenvalue weighted by Gasteiger charge is -2.07. The summed E-state index contributed by atoms with van der Waals surface area (Å²) < 4.78 is 38.3. The second kappa shape index (κ2) is 5.23. The first-order valence-electron chi connectivity index (χ1n) is 4.78. The zero-order chi connectivity index (χ0) is 12.2. The van der Waals surface area contributed by atoms with E-state index < -0.39 is 16.2 Å². The fraction of sp³-hybridized carbons (Fsp3) is 0.273. The Morgan fingerprint density at radius 1 is 1.44 bits per heavy atom. The van der Waals surface area contributed by atoms with Crippen LogP contribution in [0.25, 0.3) is 0 Å². The smallest absolute Gasteiger partial charge is 0.240 e. The van der Waals surface area contributed by atoms with Gasteiger partial charge in [-0.1, -0.05) is 23.8 Å². The summed E-state index contributed by atoms with van der Waals surface area (Å²) in [6.45, 7) is 4.80. The number of benzene rings is 1. The second-order valence-electron chi connectivity index (χ2n) is 3.42. The Labute approximate surface area is 95.0 Å². The standard InChI is InChI=1S/C11H14FNO2S/c1-3-10(12)8-13-16(14,15)11-6-4-9(2)5-7-11/h3-7,10,13H,1,8H2,2H3. The first-order valence-corrected chi connectivity index (χ1v) is 6.27. The van der Waals surface area contributed by atoms with Gasteiger partial charge in [-0.05, 0) is 19.1 Å². The van der Waals surface area contributed by atoms with E-state index in [1.54, 1.807) is 12.1 Å². The first-order chi connectivity index (χ1) is 7.45. The minimum Gasteiger partial charge on any atom is -0.242 e. The van der Waals surface area contributed by atoms with Crippen molar-refractivity contribution >= 4 is 10.0 Å². The van der Waals surface area contributed by atoms with E-state index in [-0.39, 0.29) is 11.4 Å². The lowest BCUT2D eigenvalue weighted by molar-refractivity contribution is 0.397. The summed E-state index contributed by atoms with van der Waals surface area (Å²) in [5.74, 6) is 0. The van der Waals surface area contributed by atoms with Gasteiger partial charge in [0.15, 0.2) is 0 Å². The minimum atomic E-state index is -3.62. The van der Waals surface area contributed by atoms with Crippen LogP contribution < -0.4 is 4.72 Å². The van der Waals surface area contributed by atoms with Gasteiger partial charge in [-0.25, -0.2) is 17.5 Å². The van der Waals surface area contributed by atoms with Crippen molar-refractivity contribution in [3.05, 3.63) is 42.5 Å². The van der Waals surface area contributed by atoms with Crippen LogP contribution in [0.5, 0.6) is 0 Å². The molecule has 16 heavy (non-hydrogen) atoms. The van der Waals surface area contributed by atoms with Crippen molar-refractivity contribution in [3.8, 4) is 0 Å². The van der Waals surface area contributed by atoms with Gasteiger partial charge in [0.25, 0.3) is 0 Å². The average Bonchev–Trinajstić information content (AvgIpc) is 2.26. The van der Waals surface area contributed by atoms with Gasteiger partial charge >= 0.3 is 0 Å². The van der Waals surface area contributed by atoms with Crippen molar-refractivity contribution in [1.29, 1.82) is 0 Å². The summed E-state index contributed by atoms with van der Waals surface area (Å²) >= 11 is 0. The van der Waals surface area contributed by atoms with Gasteiger partial charge in [0.05, 0.1) is 4.90 Å². The number of hydrogen-bond donors (Lipinski definition) is 1. The highest BCUT2D eigenvalue weighted by atomic mass is 32.2. The molecule has 0 heterocycles. The molecule has 0 aliphatic carbocycles. The van der Waals surface area contributed by atoms with Crippen LogP contribution in [0.3, 0.4) is 0 Å². The molecule has 0 fully saturated rings. The van der Waals surface area contributed by atoms with Crippen LogP contribution in [-0.2, 0) is 10.0 Å². The number of nitrogens with one attached hydrogen (secondary N) is 1. The van der Waals surface area contributed by atoms with Crippen molar-refractivity contribution in [2.75, 3.05) is 6.54 Å². The van der Waals surface area contributed by atoms with Crippen molar-refractivity contribution < 1.29 is 12.8 Å². The van der Waals surface area contributed by atoms with E-state index in [2.05, 4.69) is 11.3 Å². The fourth-order valence-electron chi connectivity index (χ4n) is 1.07. The van der Waals surface area contributed by atoms with Crippen LogP contribution in [0.2, 0.25) is 0 Å². The zero-order valence-corrected chi connectivity index (χ0v) is 9.80. The molecule has 1 unspecified atom stereocenters. The van der Waals surface area contributed by atoms with Gasteiger partial charge in [-0.2, -0.15) is 0 Å². The van der Waals surface area contributed by atoms with Gasteiger partial charge in [-0.15, -0.1) is 6.58 Å². The SMILES string of the molecule is C=CC(F)CNS(=O)(=O)c1ccc(C)cc1. The Morgan fingerprint density at radius 2 is 2.00 bits per heavy atom. The Balaban J connectivity index is 2.78. The molecule has 5 heteroatoms. The van der Waals surface area contributed by atoms with E-state index in [1.165, 1.54) is 12.1 Å². The molecule has 0 aromatic heterocycles. The van der Waals surface area contributed by atoms with E-state index in [1.807, 2.05) is 6.92 Å².